The molecule has 1 aliphatic rings. The van der Waals surface area contributed by atoms with Gasteiger partial charge in [0.1, 0.15) is 29.5 Å². The first-order valence-electron chi connectivity index (χ1n) is 11.8. The third kappa shape index (κ3) is 9.00. The number of ether oxygens (including phenoxy) is 1. The van der Waals surface area contributed by atoms with E-state index in [1.165, 1.54) is 25.3 Å². The molecule has 0 saturated carbocycles. The zero-order valence-electron chi connectivity index (χ0n) is 21.9. The minimum Gasteiger partial charge on any atom is -0.423 e. The first-order valence-corrected chi connectivity index (χ1v) is 17.7. The minimum atomic E-state index is -6.07. The highest BCUT2D eigenvalue weighted by Gasteiger charge is 2.47. The lowest BCUT2D eigenvalue weighted by Gasteiger charge is -2.21. The average Bonchev–Trinajstić information content (AvgIpc) is 3.20. The van der Waals surface area contributed by atoms with E-state index in [0.717, 1.165) is 22.8 Å². The zero-order valence-corrected chi connectivity index (χ0v) is 25.5. The quantitative estimate of drug-likeness (QED) is 0.115. The van der Waals surface area contributed by atoms with Crippen molar-refractivity contribution in [3.63, 3.8) is 0 Å². The van der Waals surface area contributed by atoms with Gasteiger partial charge < -0.3 is 39.2 Å². The van der Waals surface area contributed by atoms with Crippen molar-refractivity contribution in [2.75, 3.05) is 12.3 Å². The molecule has 1 aliphatic heterocycles. The van der Waals surface area contributed by atoms with Crippen LogP contribution in [0.2, 0.25) is 0 Å². The Balaban J connectivity index is 1.34. The maximum atomic E-state index is 12.3. The van der Waals surface area contributed by atoms with Crippen molar-refractivity contribution in [3.05, 3.63) is 63.0 Å². The van der Waals surface area contributed by atoms with Crippen LogP contribution in [0.25, 0.3) is 11.0 Å². The number of fused-ring (bicyclic) bond motifs is 1. The highest BCUT2D eigenvalue weighted by Crippen LogP contribution is 2.71. The molecular formula is C19H23N3O18P4. The summed E-state index contributed by atoms with van der Waals surface area (Å²) in [5.41, 5.74) is 4.36. The number of aromatic nitrogens is 2. The maximum Gasteiger partial charge on any atom is 0.536 e. The number of anilines is 1. The van der Waals surface area contributed by atoms with E-state index in [0.29, 0.717) is 5.56 Å². The van der Waals surface area contributed by atoms with Crippen LogP contribution in [0.5, 0.6) is 5.75 Å². The SMILES string of the molecule is Cc1cc(=O)oc2ccc(OP(=O)(O)OP(=O)(O)OP(=O)(O)OP(=O)(O)OC[C@H]3OC(n4ccc(N)nc4=O)CC3O)cc12. The van der Waals surface area contributed by atoms with Crippen LogP contribution in [-0.2, 0) is 40.5 Å². The Morgan fingerprint density at radius 2 is 1.61 bits per heavy atom. The van der Waals surface area contributed by atoms with Crippen LogP contribution in [-0.4, -0.2) is 53.0 Å². The standard InChI is InChI=1S/C19H23N3O18P4/c1-10-6-18(24)36-14-3-2-11(7-12(10)14)37-42(28,29)39-44(32,33)40-43(30,31)38-41(26,27)34-9-15-13(23)8-17(35-15)22-5-4-16(20)21-19(22)25/h2-7,13,15,17,23H,8-9H2,1H3,(H,26,27)(H,28,29)(H,30,31)(H,32,33)(H2,20,21,25)/t13?,15-,17?/m1/s1. The molecule has 21 nitrogen and oxygen atoms in total. The van der Waals surface area contributed by atoms with E-state index in [1.807, 2.05) is 0 Å². The van der Waals surface area contributed by atoms with Gasteiger partial charge in [0.15, 0.2) is 0 Å². The number of phosphoric ester groups is 2. The Morgan fingerprint density at radius 1 is 0.977 bits per heavy atom. The van der Waals surface area contributed by atoms with E-state index in [-0.39, 0.29) is 23.2 Å². The largest absolute Gasteiger partial charge is 0.536 e. The topological polar surface area (TPSA) is 316 Å². The fourth-order valence-corrected chi connectivity index (χ4v) is 8.74. The molecule has 25 heteroatoms. The van der Waals surface area contributed by atoms with E-state index in [4.69, 9.17) is 14.9 Å². The average molecular weight is 705 g/mol. The summed E-state index contributed by atoms with van der Waals surface area (Å²) in [6.07, 6.45) is -2.84. The second kappa shape index (κ2) is 12.7. The lowest BCUT2D eigenvalue weighted by molar-refractivity contribution is -0.0449. The van der Waals surface area contributed by atoms with Crippen LogP contribution in [0.15, 0.2) is 50.5 Å². The molecule has 1 saturated heterocycles. The molecule has 4 rings (SSSR count). The fraction of sp³-hybridized carbons (Fsp3) is 0.316. The molecule has 3 aromatic rings. The Kier molecular flexibility index (Phi) is 9.88. The zero-order chi connectivity index (χ0) is 32.7. The molecule has 1 aromatic carbocycles. The van der Waals surface area contributed by atoms with Gasteiger partial charge in [0.05, 0.1) is 12.7 Å². The van der Waals surface area contributed by atoms with E-state index >= 15 is 0 Å². The van der Waals surface area contributed by atoms with Gasteiger partial charge in [-0.3, -0.25) is 14.0 Å². The van der Waals surface area contributed by atoms with Gasteiger partial charge in [0, 0.05) is 24.1 Å². The normalized spacial score (nSPS) is 24.2. The number of aryl methyl sites for hydroxylation is 1. The summed E-state index contributed by atoms with van der Waals surface area (Å²) in [5.74, 6) is -0.517. The molecule has 0 bridgehead atoms. The van der Waals surface area contributed by atoms with Crippen molar-refractivity contribution < 1.29 is 74.1 Å². The number of hydrogen-bond donors (Lipinski definition) is 6. The number of phosphoric acid groups is 4. The summed E-state index contributed by atoms with van der Waals surface area (Å²) >= 11 is 0. The lowest BCUT2D eigenvalue weighted by atomic mass is 10.1. The summed E-state index contributed by atoms with van der Waals surface area (Å²) in [7, 11) is -23.4. The Labute approximate surface area is 244 Å². The number of nitrogens with zero attached hydrogens (tertiary/aromatic N) is 2. The first kappa shape index (κ1) is 34.3. The number of nitrogens with two attached hydrogens (primary N) is 1. The van der Waals surface area contributed by atoms with Crippen LogP contribution in [0.4, 0.5) is 5.82 Å². The first-order chi connectivity index (χ1) is 20.2. The summed E-state index contributed by atoms with van der Waals surface area (Å²) in [6.45, 7) is 0.543. The lowest BCUT2D eigenvalue weighted by Crippen LogP contribution is -2.28. The number of nitrogen functional groups attached to an aromatic ring is 1. The predicted molar refractivity (Wildman–Crippen MR) is 144 cm³/mol. The van der Waals surface area contributed by atoms with Crippen molar-refractivity contribution in [3.8, 4) is 5.75 Å². The van der Waals surface area contributed by atoms with E-state index in [2.05, 4.69) is 27.0 Å². The summed E-state index contributed by atoms with van der Waals surface area (Å²) < 4.78 is 81.0. The Hall–Kier alpha value is -2.57. The van der Waals surface area contributed by atoms with Crippen LogP contribution < -0.4 is 21.6 Å². The monoisotopic (exact) mass is 705 g/mol. The molecule has 3 heterocycles. The fourth-order valence-electron chi connectivity index (χ4n) is 3.80. The molecule has 0 spiro atoms. The van der Waals surface area contributed by atoms with Gasteiger partial charge in [-0.25, -0.2) is 27.8 Å². The van der Waals surface area contributed by atoms with Gasteiger partial charge in [-0.1, -0.05) is 0 Å². The molecule has 7 atom stereocenters. The second-order valence-corrected chi connectivity index (χ2v) is 15.0. The highest BCUT2D eigenvalue weighted by atomic mass is 31.3. The van der Waals surface area contributed by atoms with Crippen molar-refractivity contribution in [1.82, 2.24) is 9.55 Å². The van der Waals surface area contributed by atoms with Crippen LogP contribution in [0.3, 0.4) is 0 Å². The number of aliphatic hydroxyl groups excluding tert-OH is 1. The molecule has 1 fully saturated rings. The molecule has 0 amide bonds. The number of hydrogen-bond acceptors (Lipinski definition) is 16. The van der Waals surface area contributed by atoms with E-state index in [1.54, 1.807) is 0 Å². The van der Waals surface area contributed by atoms with Crippen molar-refractivity contribution >= 4 is 48.1 Å². The number of aliphatic hydroxyl groups is 1. The molecular weight excluding hydrogens is 682 g/mol. The van der Waals surface area contributed by atoms with Crippen molar-refractivity contribution in [2.24, 2.45) is 0 Å². The van der Waals surface area contributed by atoms with Gasteiger partial charge in [-0.05, 0) is 36.8 Å². The van der Waals surface area contributed by atoms with Gasteiger partial charge >= 0.3 is 42.6 Å². The van der Waals surface area contributed by atoms with Crippen LogP contribution >= 0.6 is 31.3 Å². The van der Waals surface area contributed by atoms with Gasteiger partial charge in [-0.2, -0.15) is 17.9 Å². The van der Waals surface area contributed by atoms with Crippen molar-refractivity contribution in [2.45, 2.75) is 31.8 Å². The second-order valence-electron chi connectivity index (χ2n) is 8.89. The van der Waals surface area contributed by atoms with Crippen LogP contribution in [0.1, 0.15) is 18.2 Å². The third-order valence-electron chi connectivity index (χ3n) is 5.53. The number of benzene rings is 1. The molecule has 2 aromatic heterocycles. The smallest absolute Gasteiger partial charge is 0.423 e. The Morgan fingerprint density at radius 3 is 2.27 bits per heavy atom. The molecule has 6 unspecified atom stereocenters. The van der Waals surface area contributed by atoms with E-state index < -0.39 is 73.4 Å². The molecule has 242 valence electrons. The van der Waals surface area contributed by atoms with Gasteiger partial charge in [-0.15, -0.1) is 0 Å². The summed E-state index contributed by atoms with van der Waals surface area (Å²) in [4.78, 5) is 66.1. The molecule has 7 N–H and O–H groups in total. The van der Waals surface area contributed by atoms with Crippen molar-refractivity contribution in [1.29, 1.82) is 0 Å². The summed E-state index contributed by atoms with van der Waals surface area (Å²) in [6, 6.07) is 5.69. The maximum absolute atomic E-state index is 12.3. The molecule has 44 heavy (non-hydrogen) atoms. The van der Waals surface area contributed by atoms with E-state index in [9.17, 15) is 52.5 Å². The predicted octanol–water partition coefficient (Wildman–Crippen LogP) is 1.44. The number of rotatable bonds is 12. The van der Waals surface area contributed by atoms with Crippen LogP contribution in [0, 0.1) is 6.92 Å². The van der Waals surface area contributed by atoms with Gasteiger partial charge in [0.2, 0.25) is 0 Å². The van der Waals surface area contributed by atoms with Gasteiger partial charge in [0.25, 0.3) is 0 Å². The third-order valence-corrected chi connectivity index (χ3v) is 11.4. The summed E-state index contributed by atoms with van der Waals surface area (Å²) in [5, 5.41) is 10.4. The highest BCUT2D eigenvalue weighted by molar-refractivity contribution is 7.69. The Bertz CT molecular complexity index is 1880. The molecule has 0 radical (unpaired) electrons. The minimum absolute atomic E-state index is 0.0737. The molecule has 0 aliphatic carbocycles.